The minimum absolute atomic E-state index is 0.271. The molecule has 8 heteroatoms. The van der Waals surface area contributed by atoms with Crippen LogP contribution in [0, 0.1) is 22.0 Å². The molecule has 0 radical (unpaired) electrons. The molecule has 0 aromatic heterocycles. The number of hydrogen-bond donors (Lipinski definition) is 1. The third kappa shape index (κ3) is 4.99. The van der Waals surface area contributed by atoms with Gasteiger partial charge < -0.3 is 4.90 Å². The third-order valence-electron chi connectivity index (χ3n) is 4.24. The van der Waals surface area contributed by atoms with Gasteiger partial charge in [0.05, 0.1) is 4.92 Å². The quantitative estimate of drug-likeness (QED) is 0.460. The highest BCUT2D eigenvalue weighted by molar-refractivity contribution is 7.89. The molecule has 0 spiro atoms. The minimum atomic E-state index is -3.87. The highest BCUT2D eigenvalue weighted by Gasteiger charge is 2.25. The van der Waals surface area contributed by atoms with E-state index in [1.54, 1.807) is 0 Å². The van der Waals surface area contributed by atoms with E-state index in [4.69, 9.17) is 0 Å². The lowest BCUT2D eigenvalue weighted by Crippen LogP contribution is -2.40. The topological polar surface area (TPSA) is 92.6 Å². The van der Waals surface area contributed by atoms with E-state index in [1.165, 1.54) is 30.7 Å². The predicted octanol–water partition coefficient (Wildman–Crippen LogP) is 2.24. The zero-order valence-corrected chi connectivity index (χ0v) is 15.0. The summed E-state index contributed by atoms with van der Waals surface area (Å²) in [5, 5.41) is 11.0. The molecule has 1 N–H and O–H groups in total. The number of piperidine rings is 1. The van der Waals surface area contributed by atoms with Crippen LogP contribution in [0.25, 0.3) is 0 Å². The smallest absolute Gasteiger partial charge is 0.289 e. The number of nitro groups is 1. The first-order valence-electron chi connectivity index (χ1n) is 8.25. The fourth-order valence-electron chi connectivity index (χ4n) is 3.40. The Bertz CT molecular complexity index is 668. The number of benzene rings is 1. The van der Waals surface area contributed by atoms with Gasteiger partial charge in [-0.05, 0) is 37.3 Å². The molecular formula is C16H25N3O4S. The maximum Gasteiger partial charge on any atom is 0.289 e. The van der Waals surface area contributed by atoms with Crippen molar-refractivity contribution in [3.63, 3.8) is 0 Å². The molecule has 2 rings (SSSR count). The number of hydrogen-bond acceptors (Lipinski definition) is 5. The molecule has 1 aromatic carbocycles. The van der Waals surface area contributed by atoms with E-state index in [9.17, 15) is 18.5 Å². The van der Waals surface area contributed by atoms with E-state index in [0.29, 0.717) is 18.3 Å². The summed E-state index contributed by atoms with van der Waals surface area (Å²) >= 11 is 0. The lowest BCUT2D eigenvalue weighted by molar-refractivity contribution is -0.387. The van der Waals surface area contributed by atoms with Gasteiger partial charge in [-0.1, -0.05) is 26.0 Å². The summed E-state index contributed by atoms with van der Waals surface area (Å²) in [6.45, 7) is 7.66. The highest BCUT2D eigenvalue weighted by atomic mass is 32.2. The van der Waals surface area contributed by atoms with E-state index in [2.05, 4.69) is 23.5 Å². The van der Waals surface area contributed by atoms with Crippen LogP contribution in [0.3, 0.4) is 0 Å². The average Bonchev–Trinajstić information content (AvgIpc) is 2.50. The van der Waals surface area contributed by atoms with Crippen molar-refractivity contribution in [1.29, 1.82) is 0 Å². The van der Waals surface area contributed by atoms with Crippen molar-refractivity contribution in [3.8, 4) is 0 Å². The fraction of sp³-hybridized carbons (Fsp3) is 0.625. The number of nitrogens with one attached hydrogen (secondary N) is 1. The molecule has 24 heavy (non-hydrogen) atoms. The highest BCUT2D eigenvalue weighted by Crippen LogP contribution is 2.23. The molecule has 1 aliphatic heterocycles. The first-order chi connectivity index (χ1) is 11.3. The number of sulfonamides is 1. The lowest BCUT2D eigenvalue weighted by Gasteiger charge is -2.34. The van der Waals surface area contributed by atoms with E-state index in [0.717, 1.165) is 19.6 Å². The summed E-state index contributed by atoms with van der Waals surface area (Å²) in [7, 11) is -3.87. The van der Waals surface area contributed by atoms with E-state index >= 15 is 0 Å². The van der Waals surface area contributed by atoms with Crippen molar-refractivity contribution in [1.82, 2.24) is 9.62 Å². The van der Waals surface area contributed by atoms with Crippen LogP contribution in [0.15, 0.2) is 29.2 Å². The molecule has 0 aliphatic carbocycles. The van der Waals surface area contributed by atoms with Crippen LogP contribution < -0.4 is 4.72 Å². The molecule has 134 valence electrons. The Balaban J connectivity index is 1.89. The summed E-state index contributed by atoms with van der Waals surface area (Å²) in [5.74, 6) is 1.33. The number of nitro benzene ring substituents is 1. The minimum Gasteiger partial charge on any atom is -0.303 e. The molecule has 1 aliphatic rings. The zero-order chi connectivity index (χ0) is 17.7. The molecular weight excluding hydrogens is 330 g/mol. The fourth-order valence-corrected chi connectivity index (χ4v) is 4.64. The number of likely N-dealkylation sites (tertiary alicyclic amines) is 1. The van der Waals surface area contributed by atoms with E-state index < -0.39 is 20.6 Å². The Morgan fingerprint density at radius 1 is 1.25 bits per heavy atom. The molecule has 1 fully saturated rings. The summed E-state index contributed by atoms with van der Waals surface area (Å²) in [4.78, 5) is 12.4. The predicted molar refractivity (Wildman–Crippen MR) is 92.3 cm³/mol. The summed E-state index contributed by atoms with van der Waals surface area (Å²) < 4.78 is 27.0. The Morgan fingerprint density at radius 3 is 2.50 bits per heavy atom. The molecule has 1 aromatic rings. The van der Waals surface area contributed by atoms with Crippen LogP contribution >= 0.6 is 0 Å². The van der Waals surface area contributed by atoms with Crippen molar-refractivity contribution < 1.29 is 13.3 Å². The number of rotatable bonds is 7. The molecule has 0 unspecified atom stereocenters. The van der Waals surface area contributed by atoms with Crippen LogP contribution in [-0.4, -0.2) is 44.4 Å². The Morgan fingerprint density at radius 2 is 1.88 bits per heavy atom. The van der Waals surface area contributed by atoms with Crippen LogP contribution in [0.5, 0.6) is 0 Å². The van der Waals surface area contributed by atoms with Gasteiger partial charge in [0.1, 0.15) is 0 Å². The van der Waals surface area contributed by atoms with Gasteiger partial charge in [-0.15, -0.1) is 0 Å². The Hall–Kier alpha value is -1.51. The molecule has 7 nitrogen and oxygen atoms in total. The lowest BCUT2D eigenvalue weighted by atomic mass is 9.92. The first-order valence-corrected chi connectivity index (χ1v) is 9.73. The van der Waals surface area contributed by atoms with Crippen molar-refractivity contribution >= 4 is 15.7 Å². The first kappa shape index (κ1) is 18.8. The van der Waals surface area contributed by atoms with Gasteiger partial charge in [0.25, 0.3) is 5.69 Å². The average molecular weight is 355 g/mol. The van der Waals surface area contributed by atoms with Crippen molar-refractivity contribution in [2.24, 2.45) is 11.8 Å². The van der Waals surface area contributed by atoms with Gasteiger partial charge >= 0.3 is 0 Å². The summed E-state index contributed by atoms with van der Waals surface area (Å²) in [5.41, 5.74) is -0.399. The van der Waals surface area contributed by atoms with Crippen LogP contribution in [0.1, 0.15) is 26.7 Å². The molecule has 0 amide bonds. The molecule has 2 atom stereocenters. The zero-order valence-electron chi connectivity index (χ0n) is 14.1. The van der Waals surface area contributed by atoms with Crippen molar-refractivity contribution in [2.75, 3.05) is 26.2 Å². The number of nitrogens with zero attached hydrogens (tertiary/aromatic N) is 2. The summed E-state index contributed by atoms with van der Waals surface area (Å²) in [6, 6.07) is 5.40. The molecule has 0 bridgehead atoms. The molecule has 1 heterocycles. The molecule has 0 saturated carbocycles. The van der Waals surface area contributed by atoms with Crippen LogP contribution in [-0.2, 0) is 10.0 Å². The van der Waals surface area contributed by atoms with E-state index in [1.807, 2.05) is 0 Å². The maximum atomic E-state index is 12.3. The van der Waals surface area contributed by atoms with Gasteiger partial charge in [0, 0.05) is 25.7 Å². The second-order valence-corrected chi connectivity index (χ2v) is 8.42. The largest absolute Gasteiger partial charge is 0.303 e. The van der Waals surface area contributed by atoms with Crippen molar-refractivity contribution in [3.05, 3.63) is 34.4 Å². The van der Waals surface area contributed by atoms with Gasteiger partial charge in [-0.2, -0.15) is 0 Å². The standard InChI is InChI=1S/C16H25N3O4S/c1-13-10-14(2)12-18(11-13)9-5-8-17-24(22,23)16-7-4-3-6-15(16)19(20)21/h3-4,6-7,13-14,17H,5,8-12H2,1-2H3/t13-,14+. The van der Waals surface area contributed by atoms with Gasteiger partial charge in [-0.25, -0.2) is 13.1 Å². The monoisotopic (exact) mass is 355 g/mol. The van der Waals surface area contributed by atoms with Gasteiger partial charge in [0.15, 0.2) is 4.90 Å². The second kappa shape index (κ2) is 8.04. The van der Waals surface area contributed by atoms with Gasteiger partial charge in [-0.3, -0.25) is 10.1 Å². The normalized spacial score (nSPS) is 22.4. The van der Waals surface area contributed by atoms with Crippen molar-refractivity contribution in [2.45, 2.75) is 31.6 Å². The van der Waals surface area contributed by atoms with Gasteiger partial charge in [0.2, 0.25) is 10.0 Å². The van der Waals surface area contributed by atoms with Crippen LogP contribution in [0.4, 0.5) is 5.69 Å². The summed E-state index contributed by atoms with van der Waals surface area (Å²) in [6.07, 6.45) is 1.92. The SMILES string of the molecule is C[C@@H]1C[C@H](C)CN(CCCNS(=O)(=O)c2ccccc2[N+](=O)[O-])C1. The third-order valence-corrected chi connectivity index (χ3v) is 5.75. The Kier molecular flexibility index (Phi) is 6.31. The number of para-hydroxylation sites is 1. The van der Waals surface area contributed by atoms with E-state index in [-0.39, 0.29) is 11.4 Å². The maximum absolute atomic E-state index is 12.3. The second-order valence-electron chi connectivity index (χ2n) is 6.68. The Labute approximate surface area is 143 Å². The molecule has 1 saturated heterocycles. The van der Waals surface area contributed by atoms with Crippen LogP contribution in [0.2, 0.25) is 0 Å².